The fourth-order valence-corrected chi connectivity index (χ4v) is 5.29. The van der Waals surface area contributed by atoms with Crippen molar-refractivity contribution in [2.45, 2.75) is 18.9 Å². The Morgan fingerprint density at radius 2 is 1.81 bits per heavy atom. The second-order valence-corrected chi connectivity index (χ2v) is 9.94. The van der Waals surface area contributed by atoms with Gasteiger partial charge in [0.1, 0.15) is 17.2 Å². The zero-order valence-corrected chi connectivity index (χ0v) is 21.4. The second kappa shape index (κ2) is 10.6. The van der Waals surface area contributed by atoms with E-state index >= 15 is 4.39 Å². The van der Waals surface area contributed by atoms with Gasteiger partial charge in [0.25, 0.3) is 0 Å². The number of carbonyl (C=O) groups is 1. The lowest BCUT2D eigenvalue weighted by Crippen LogP contribution is -2.48. The molecular formula is C27H29ClF2N6O. The van der Waals surface area contributed by atoms with Crippen LogP contribution in [-0.2, 0) is 4.79 Å². The van der Waals surface area contributed by atoms with Crippen LogP contribution in [0.15, 0.2) is 43.0 Å². The molecule has 10 heteroatoms. The van der Waals surface area contributed by atoms with E-state index in [1.54, 1.807) is 23.1 Å². The summed E-state index contributed by atoms with van der Waals surface area (Å²) in [6.45, 7) is 7.43. The van der Waals surface area contributed by atoms with Crippen molar-refractivity contribution >= 4 is 40.2 Å². The summed E-state index contributed by atoms with van der Waals surface area (Å²) in [6.07, 6.45) is 3.14. The van der Waals surface area contributed by atoms with E-state index in [2.05, 4.69) is 28.8 Å². The quantitative estimate of drug-likeness (QED) is 0.491. The molecule has 0 bridgehead atoms. The molecular weight excluding hydrogens is 498 g/mol. The van der Waals surface area contributed by atoms with E-state index in [-0.39, 0.29) is 33.6 Å². The number of likely N-dealkylation sites (tertiary alicyclic amines) is 1. The zero-order chi connectivity index (χ0) is 26.1. The van der Waals surface area contributed by atoms with Gasteiger partial charge in [-0.15, -0.1) is 0 Å². The monoisotopic (exact) mass is 526 g/mol. The Labute approximate surface area is 219 Å². The number of anilines is 2. The summed E-state index contributed by atoms with van der Waals surface area (Å²) in [5.41, 5.74) is 0.129. The van der Waals surface area contributed by atoms with E-state index in [9.17, 15) is 9.18 Å². The normalized spacial score (nSPS) is 17.3. The maximum Gasteiger partial charge on any atom is 0.246 e. The molecule has 1 N–H and O–H groups in total. The third-order valence-electron chi connectivity index (χ3n) is 7.12. The number of piperidine rings is 1. The molecule has 0 aliphatic carbocycles. The number of aromatic nitrogens is 2. The van der Waals surface area contributed by atoms with Gasteiger partial charge in [0.2, 0.25) is 11.9 Å². The molecule has 1 aromatic heterocycles. The Hall–Kier alpha value is -3.30. The van der Waals surface area contributed by atoms with Gasteiger partial charge in [-0.3, -0.25) is 4.79 Å². The molecule has 0 radical (unpaired) electrons. The van der Waals surface area contributed by atoms with Crippen LogP contribution >= 0.6 is 11.6 Å². The van der Waals surface area contributed by atoms with E-state index in [1.165, 1.54) is 18.2 Å². The highest BCUT2D eigenvalue weighted by molar-refractivity contribution is 6.34. The standard InChI is InChI=1S/C27H29ClF2N6O/c1-3-22(37)35-12-14-36(15-13-35)26-19-16-20(28)23(18-6-4-5-7-21(18)29)24(30)25(19)32-27(33-26)31-17-8-10-34(2)11-9-17/h3-7,16-17H,1,8-15H2,2H3,(H,31,32,33). The minimum Gasteiger partial charge on any atom is -0.352 e. The van der Waals surface area contributed by atoms with Crippen LogP contribution in [0.4, 0.5) is 20.5 Å². The average Bonchev–Trinajstić information content (AvgIpc) is 2.91. The Balaban J connectivity index is 1.59. The number of benzene rings is 2. The fraction of sp³-hybridized carbons (Fsp3) is 0.370. The maximum absolute atomic E-state index is 16.1. The number of nitrogens with one attached hydrogen (secondary N) is 1. The Kier molecular flexibility index (Phi) is 7.26. The summed E-state index contributed by atoms with van der Waals surface area (Å²) in [5, 5.41) is 3.92. The predicted molar refractivity (Wildman–Crippen MR) is 143 cm³/mol. The van der Waals surface area contributed by atoms with E-state index < -0.39 is 11.6 Å². The molecule has 2 aromatic carbocycles. The van der Waals surface area contributed by atoms with Gasteiger partial charge in [-0.1, -0.05) is 36.4 Å². The molecule has 2 aliphatic rings. The average molecular weight is 527 g/mol. The zero-order valence-electron chi connectivity index (χ0n) is 20.7. The number of nitrogens with zero attached hydrogens (tertiary/aromatic N) is 5. The van der Waals surface area contributed by atoms with E-state index in [0.29, 0.717) is 43.3 Å². The molecule has 37 heavy (non-hydrogen) atoms. The number of hydrogen-bond donors (Lipinski definition) is 1. The molecule has 2 aliphatic heterocycles. The van der Waals surface area contributed by atoms with Crippen LogP contribution in [0.5, 0.6) is 0 Å². The van der Waals surface area contributed by atoms with E-state index in [0.717, 1.165) is 25.9 Å². The third-order valence-corrected chi connectivity index (χ3v) is 7.42. The molecule has 194 valence electrons. The minimum absolute atomic E-state index is 0.0245. The number of carbonyl (C=O) groups excluding carboxylic acids is 1. The summed E-state index contributed by atoms with van der Waals surface area (Å²) >= 11 is 6.55. The molecule has 3 heterocycles. The number of piperazine rings is 1. The molecule has 2 fully saturated rings. The third kappa shape index (κ3) is 5.10. The second-order valence-electron chi connectivity index (χ2n) is 9.53. The molecule has 7 nitrogen and oxygen atoms in total. The molecule has 0 saturated carbocycles. The van der Waals surface area contributed by atoms with Gasteiger partial charge in [0.05, 0.1) is 5.02 Å². The van der Waals surface area contributed by atoms with Crippen molar-refractivity contribution in [1.29, 1.82) is 0 Å². The Morgan fingerprint density at radius 3 is 2.49 bits per heavy atom. The van der Waals surface area contributed by atoms with Crippen molar-refractivity contribution in [1.82, 2.24) is 19.8 Å². The lowest BCUT2D eigenvalue weighted by Gasteiger charge is -2.35. The van der Waals surface area contributed by atoms with Crippen molar-refractivity contribution in [3.63, 3.8) is 0 Å². The highest BCUT2D eigenvalue weighted by Crippen LogP contribution is 2.39. The molecule has 2 saturated heterocycles. The maximum atomic E-state index is 16.1. The largest absolute Gasteiger partial charge is 0.352 e. The van der Waals surface area contributed by atoms with Crippen molar-refractivity contribution < 1.29 is 13.6 Å². The van der Waals surface area contributed by atoms with Gasteiger partial charge in [0, 0.05) is 48.7 Å². The van der Waals surface area contributed by atoms with Gasteiger partial charge in [-0.25, -0.2) is 13.8 Å². The summed E-state index contributed by atoms with van der Waals surface area (Å²) < 4.78 is 30.7. The molecule has 0 spiro atoms. The van der Waals surface area contributed by atoms with Gasteiger partial charge < -0.3 is 20.0 Å². The lowest BCUT2D eigenvalue weighted by atomic mass is 10.0. The minimum atomic E-state index is -0.692. The highest BCUT2D eigenvalue weighted by Gasteiger charge is 2.27. The Morgan fingerprint density at radius 1 is 1.11 bits per heavy atom. The van der Waals surface area contributed by atoms with E-state index in [1.807, 2.05) is 4.90 Å². The van der Waals surface area contributed by atoms with Gasteiger partial charge in [0.15, 0.2) is 5.82 Å². The lowest BCUT2D eigenvalue weighted by molar-refractivity contribution is -0.126. The fourth-order valence-electron chi connectivity index (χ4n) is 5.00. The number of amides is 1. The molecule has 1 amide bonds. The van der Waals surface area contributed by atoms with Crippen LogP contribution in [0.1, 0.15) is 12.8 Å². The van der Waals surface area contributed by atoms with E-state index in [4.69, 9.17) is 16.6 Å². The van der Waals surface area contributed by atoms with Crippen LogP contribution in [-0.4, -0.2) is 78.0 Å². The smallest absolute Gasteiger partial charge is 0.246 e. The summed E-state index contributed by atoms with van der Waals surface area (Å²) in [7, 11) is 2.08. The first kappa shape index (κ1) is 25.4. The Bertz CT molecular complexity index is 1340. The summed E-state index contributed by atoms with van der Waals surface area (Å²) in [4.78, 5) is 27.4. The molecule has 5 rings (SSSR count). The first-order valence-electron chi connectivity index (χ1n) is 12.4. The first-order chi connectivity index (χ1) is 17.9. The van der Waals surface area contributed by atoms with Crippen LogP contribution in [0.3, 0.4) is 0 Å². The number of rotatable bonds is 5. The molecule has 0 unspecified atom stereocenters. The van der Waals surface area contributed by atoms with Crippen LogP contribution in [0.25, 0.3) is 22.0 Å². The number of fused-ring (bicyclic) bond motifs is 1. The molecule has 3 aromatic rings. The first-order valence-corrected chi connectivity index (χ1v) is 12.8. The highest BCUT2D eigenvalue weighted by atomic mass is 35.5. The number of halogens is 3. The van der Waals surface area contributed by atoms with Crippen molar-refractivity contribution in [3.8, 4) is 11.1 Å². The molecule has 0 atom stereocenters. The van der Waals surface area contributed by atoms with Crippen LogP contribution in [0.2, 0.25) is 5.02 Å². The van der Waals surface area contributed by atoms with Gasteiger partial charge >= 0.3 is 0 Å². The predicted octanol–water partition coefficient (Wildman–Crippen LogP) is 4.57. The SMILES string of the molecule is C=CC(=O)N1CCN(c2nc(NC3CCN(C)CC3)nc3c(F)c(-c4ccccc4F)c(Cl)cc23)CC1. The summed E-state index contributed by atoms with van der Waals surface area (Å²) in [5.74, 6) is -0.525. The van der Waals surface area contributed by atoms with Crippen molar-refractivity contribution in [2.24, 2.45) is 0 Å². The van der Waals surface area contributed by atoms with Crippen molar-refractivity contribution in [3.05, 3.63) is 59.6 Å². The summed E-state index contributed by atoms with van der Waals surface area (Å²) in [6, 6.07) is 7.73. The van der Waals surface area contributed by atoms with Crippen molar-refractivity contribution in [2.75, 3.05) is 56.5 Å². The van der Waals surface area contributed by atoms with Gasteiger partial charge in [-0.05, 0) is 51.2 Å². The number of hydrogen-bond acceptors (Lipinski definition) is 6. The topological polar surface area (TPSA) is 64.6 Å². The van der Waals surface area contributed by atoms with Crippen LogP contribution in [0, 0.1) is 11.6 Å². The van der Waals surface area contributed by atoms with Gasteiger partial charge in [-0.2, -0.15) is 4.98 Å². The van der Waals surface area contributed by atoms with Crippen LogP contribution < -0.4 is 10.2 Å².